The van der Waals surface area contributed by atoms with Crippen molar-refractivity contribution in [2.24, 2.45) is 7.05 Å². The molecule has 3 heterocycles. The summed E-state index contributed by atoms with van der Waals surface area (Å²) in [5, 5.41) is 53.5. The number of β-lactam (4-membered cyclic amide) rings is 1. The number of thioether (sulfide) groups is 1. The molecule has 2 saturated heterocycles. The van der Waals surface area contributed by atoms with Gasteiger partial charge in [0.2, 0.25) is 11.1 Å². The molecule has 0 aliphatic carbocycles. The number of fused-ring (bicyclic) bond motifs is 1. The normalized spacial score (nSPS) is 27.6. The van der Waals surface area contributed by atoms with Gasteiger partial charge in [-0.25, -0.2) is 9.48 Å². The van der Waals surface area contributed by atoms with Crippen molar-refractivity contribution in [3.05, 3.63) is 29.8 Å². The number of aliphatic carboxylic acids is 2. The lowest BCUT2D eigenvalue weighted by Gasteiger charge is -2.60. The lowest BCUT2D eigenvalue weighted by atomic mass is 9.85. The van der Waals surface area contributed by atoms with Gasteiger partial charge in [0.05, 0.1) is 6.61 Å². The van der Waals surface area contributed by atoms with Gasteiger partial charge < -0.3 is 35.2 Å². The number of amides is 2. The van der Waals surface area contributed by atoms with E-state index in [-0.39, 0.29) is 22.2 Å². The van der Waals surface area contributed by atoms with Gasteiger partial charge in [0, 0.05) is 19.9 Å². The highest BCUT2D eigenvalue weighted by Gasteiger charge is 2.72. The quantitative estimate of drug-likeness (QED) is 0.0981. The number of hydrogen-bond donors (Lipinski definition) is 5. The maximum absolute atomic E-state index is 13.3. The maximum atomic E-state index is 13.3. The van der Waals surface area contributed by atoms with Crippen LogP contribution in [0.1, 0.15) is 11.5 Å². The number of carbonyl (C=O) groups excluding carboxylic acids is 2. The van der Waals surface area contributed by atoms with E-state index in [4.69, 9.17) is 9.47 Å². The Bertz CT molecular complexity index is 1240. The number of nitrogens with one attached hydrogen (secondary N) is 1. The van der Waals surface area contributed by atoms with Crippen LogP contribution in [0.4, 0.5) is 0 Å². The van der Waals surface area contributed by atoms with Crippen LogP contribution in [-0.4, -0.2) is 112 Å². The number of methoxy groups -OCH3 is 1. The van der Waals surface area contributed by atoms with Crippen LogP contribution in [0.3, 0.4) is 0 Å². The number of aromatic nitrogens is 4. The van der Waals surface area contributed by atoms with E-state index in [1.165, 1.54) is 28.9 Å². The molecule has 2 aliphatic rings. The van der Waals surface area contributed by atoms with Gasteiger partial charge in [-0.1, -0.05) is 23.9 Å². The van der Waals surface area contributed by atoms with E-state index in [0.29, 0.717) is 0 Å². The third-order valence-electron chi connectivity index (χ3n) is 6.06. The maximum Gasteiger partial charge on any atom is 0.329 e. The van der Waals surface area contributed by atoms with Crippen molar-refractivity contribution < 1.29 is 49.1 Å². The molecule has 2 aromatic rings. The highest BCUT2D eigenvalue weighted by molar-refractivity contribution is 7.99. The van der Waals surface area contributed by atoms with E-state index in [9.17, 15) is 39.6 Å². The Kier molecular flexibility index (Phi) is 6.80. The molecule has 5 atom stereocenters. The molecular formula is C20H22N6O10S. The molecule has 16 nitrogen and oxygen atoms in total. The van der Waals surface area contributed by atoms with Crippen LogP contribution in [0.2, 0.25) is 0 Å². The summed E-state index contributed by atoms with van der Waals surface area (Å²) < 4.78 is 12.2. The van der Waals surface area contributed by atoms with Crippen molar-refractivity contribution in [3.8, 4) is 5.75 Å². The average molecular weight is 538 g/mol. The minimum atomic E-state index is -2.24. The van der Waals surface area contributed by atoms with E-state index in [1.54, 1.807) is 7.05 Å². The Hall–Kier alpha value is -3.80. The summed E-state index contributed by atoms with van der Waals surface area (Å²) in [4.78, 5) is 51.0. The van der Waals surface area contributed by atoms with Crippen LogP contribution in [0.25, 0.3) is 0 Å². The largest absolute Gasteiger partial charge is 0.508 e. The number of tetrazole rings is 1. The second-order valence-electron chi connectivity index (χ2n) is 8.39. The van der Waals surface area contributed by atoms with Crippen molar-refractivity contribution in [1.82, 2.24) is 30.4 Å². The van der Waals surface area contributed by atoms with Gasteiger partial charge in [-0.15, -0.1) is 5.10 Å². The molecule has 0 spiro atoms. The number of carboxylic acids is 2. The number of benzene rings is 1. The number of nitrogens with zero attached hydrogens (tertiary/aromatic N) is 5. The zero-order valence-electron chi connectivity index (χ0n) is 19.3. The van der Waals surface area contributed by atoms with Crippen LogP contribution in [0, 0.1) is 0 Å². The second-order valence-corrected chi connectivity index (χ2v) is 9.33. The third kappa shape index (κ3) is 4.35. The predicted octanol–water partition coefficient (Wildman–Crippen LogP) is -2.28. The lowest BCUT2D eigenvalue weighted by Crippen LogP contribution is -2.88. The number of aryl methyl sites for hydroxylation is 1. The number of hydrogen-bond acceptors (Lipinski definition) is 12. The molecular weight excluding hydrogens is 516 g/mol. The van der Waals surface area contributed by atoms with Crippen LogP contribution in [-0.2, 0) is 35.7 Å². The summed E-state index contributed by atoms with van der Waals surface area (Å²) >= 11 is 0.942. The summed E-state index contributed by atoms with van der Waals surface area (Å²) in [6.07, 6.45) is -1.48. The van der Waals surface area contributed by atoms with Gasteiger partial charge in [-0.2, -0.15) is 0 Å². The van der Waals surface area contributed by atoms with Crippen molar-refractivity contribution in [3.63, 3.8) is 0 Å². The van der Waals surface area contributed by atoms with Crippen LogP contribution >= 0.6 is 11.8 Å². The number of ether oxygens (including phenoxy) is 2. The highest BCUT2D eigenvalue weighted by Crippen LogP contribution is 2.43. The fourth-order valence-electron chi connectivity index (χ4n) is 4.23. The summed E-state index contributed by atoms with van der Waals surface area (Å²) in [7, 11) is 2.61. The SMILES string of the molecule is CO[C@@]1(NC(=O)C(C(=O)O)c2ccc(O)cc2)C(=O)N2C(C(=O)O)C(O)(CSc3nnnn3C)CO[C@@H]21. The van der Waals surface area contributed by atoms with Gasteiger partial charge >= 0.3 is 11.9 Å². The molecule has 17 heteroatoms. The fraction of sp³-hybridized carbons (Fsp3) is 0.450. The van der Waals surface area contributed by atoms with E-state index in [2.05, 4.69) is 20.8 Å². The third-order valence-corrected chi connectivity index (χ3v) is 7.31. The van der Waals surface area contributed by atoms with E-state index >= 15 is 0 Å². The Labute approximate surface area is 212 Å². The summed E-state index contributed by atoms with van der Waals surface area (Å²) in [5.41, 5.74) is -4.30. The van der Waals surface area contributed by atoms with E-state index in [1.807, 2.05) is 0 Å². The number of carboxylic acid groups (broad SMARTS) is 2. The molecule has 0 saturated carbocycles. The fourth-order valence-corrected chi connectivity index (χ4v) is 5.17. The van der Waals surface area contributed by atoms with Gasteiger partial charge in [0.15, 0.2) is 18.2 Å². The van der Waals surface area contributed by atoms with Crippen molar-refractivity contribution >= 4 is 35.5 Å². The first-order chi connectivity index (χ1) is 17.4. The average Bonchev–Trinajstić information content (AvgIpc) is 3.26. The number of aromatic hydroxyl groups is 1. The Balaban J connectivity index is 1.57. The molecule has 2 aliphatic heterocycles. The van der Waals surface area contributed by atoms with Gasteiger partial charge in [0.1, 0.15) is 11.4 Å². The first kappa shape index (κ1) is 26.3. The highest BCUT2D eigenvalue weighted by atomic mass is 32.2. The molecule has 2 amide bonds. The molecule has 3 unspecified atom stereocenters. The van der Waals surface area contributed by atoms with Crippen LogP contribution < -0.4 is 5.32 Å². The van der Waals surface area contributed by atoms with Crippen molar-refractivity contribution in [2.75, 3.05) is 19.5 Å². The Morgan fingerprint density at radius 3 is 2.51 bits per heavy atom. The molecule has 0 radical (unpaired) electrons. The monoisotopic (exact) mass is 538 g/mol. The zero-order valence-corrected chi connectivity index (χ0v) is 20.2. The first-order valence-corrected chi connectivity index (χ1v) is 11.6. The van der Waals surface area contributed by atoms with Crippen molar-refractivity contribution in [2.45, 2.75) is 34.7 Å². The Morgan fingerprint density at radius 1 is 1.30 bits per heavy atom. The Morgan fingerprint density at radius 2 is 1.97 bits per heavy atom. The van der Waals surface area contributed by atoms with Crippen LogP contribution in [0.5, 0.6) is 5.75 Å². The lowest BCUT2D eigenvalue weighted by molar-refractivity contribution is -0.310. The molecule has 1 aromatic heterocycles. The van der Waals surface area contributed by atoms with Crippen LogP contribution in [0.15, 0.2) is 29.4 Å². The zero-order chi connectivity index (χ0) is 27.1. The molecule has 5 N–H and O–H groups in total. The van der Waals surface area contributed by atoms with E-state index in [0.717, 1.165) is 23.8 Å². The summed E-state index contributed by atoms with van der Waals surface area (Å²) in [5.74, 6) is -7.48. The van der Waals surface area contributed by atoms with Gasteiger partial charge in [0.25, 0.3) is 11.6 Å². The molecule has 0 bridgehead atoms. The predicted molar refractivity (Wildman–Crippen MR) is 119 cm³/mol. The molecule has 37 heavy (non-hydrogen) atoms. The topological polar surface area (TPSA) is 227 Å². The number of phenols is 1. The summed E-state index contributed by atoms with van der Waals surface area (Å²) in [6, 6.07) is 3.05. The number of aliphatic hydroxyl groups is 1. The smallest absolute Gasteiger partial charge is 0.329 e. The van der Waals surface area contributed by atoms with E-state index < -0.39 is 59.9 Å². The number of carbonyl (C=O) groups is 4. The molecule has 1 aromatic carbocycles. The first-order valence-electron chi connectivity index (χ1n) is 10.6. The van der Waals surface area contributed by atoms with Crippen molar-refractivity contribution in [1.29, 1.82) is 0 Å². The molecule has 4 rings (SSSR count). The molecule has 2 fully saturated rings. The van der Waals surface area contributed by atoms with Gasteiger partial charge in [-0.3, -0.25) is 19.3 Å². The standard InChI is InChI=1S/C20H22N6O10S/c1-25-18(22-23-24-25)37-8-19(34)7-36-17-20(35-2,16(33)26(17)12(19)15(31)32)21-13(28)11(14(29)30)9-3-5-10(27)6-4-9/h3-6,11-12,17,27,34H,7-8H2,1-2H3,(H,21,28)(H,29,30)(H,31,32)/t11?,12?,17-,19?,20+/m1/s1. The number of phenolic OH excluding ortho intramolecular Hbond substituents is 1. The minimum Gasteiger partial charge on any atom is -0.508 e. The molecule has 198 valence electrons. The number of rotatable bonds is 9. The minimum absolute atomic E-state index is 0.00956. The second kappa shape index (κ2) is 9.58. The van der Waals surface area contributed by atoms with Gasteiger partial charge in [-0.05, 0) is 28.1 Å². The summed E-state index contributed by atoms with van der Waals surface area (Å²) in [6.45, 7) is -0.571.